The van der Waals surface area contributed by atoms with Gasteiger partial charge in [-0.15, -0.1) is 0 Å². The summed E-state index contributed by atoms with van der Waals surface area (Å²) in [5.41, 5.74) is 0.612. The Morgan fingerprint density at radius 1 is 1.17 bits per heavy atom. The zero-order chi connectivity index (χ0) is 22.1. The van der Waals surface area contributed by atoms with Crippen molar-refractivity contribution in [1.82, 2.24) is 10.2 Å². The van der Waals surface area contributed by atoms with Gasteiger partial charge in [0.1, 0.15) is 11.5 Å². The van der Waals surface area contributed by atoms with Crippen molar-refractivity contribution in [2.75, 3.05) is 31.1 Å². The number of carbonyl (C=O) groups is 1. The van der Waals surface area contributed by atoms with Crippen LogP contribution < -0.4 is 10.0 Å². The molecule has 1 aromatic carbocycles. The molecular formula is C21H31N3O4S2. The van der Waals surface area contributed by atoms with Crippen LogP contribution in [0.2, 0.25) is 0 Å². The third-order valence-corrected chi connectivity index (χ3v) is 7.37. The molecule has 0 aliphatic rings. The first-order chi connectivity index (χ1) is 14.2. The van der Waals surface area contributed by atoms with Crippen molar-refractivity contribution in [3.63, 3.8) is 0 Å². The summed E-state index contributed by atoms with van der Waals surface area (Å²) >= 11 is 1.66. The zero-order valence-electron chi connectivity index (χ0n) is 18.0. The second-order valence-corrected chi connectivity index (χ2v) is 10.5. The van der Waals surface area contributed by atoms with Crippen LogP contribution in [0.3, 0.4) is 0 Å². The monoisotopic (exact) mass is 453 g/mol. The number of rotatable bonds is 12. The topological polar surface area (TPSA) is 91.6 Å². The van der Waals surface area contributed by atoms with E-state index in [1.807, 2.05) is 38.1 Å². The zero-order valence-corrected chi connectivity index (χ0v) is 19.6. The fraction of sp³-hybridized carbons (Fsp3) is 0.476. The van der Waals surface area contributed by atoms with E-state index in [0.717, 1.165) is 29.6 Å². The van der Waals surface area contributed by atoms with Crippen LogP contribution >= 0.6 is 11.8 Å². The van der Waals surface area contributed by atoms with Crippen LogP contribution in [0.15, 0.2) is 40.8 Å². The van der Waals surface area contributed by atoms with E-state index in [4.69, 9.17) is 4.42 Å². The second kappa shape index (κ2) is 11.4. The summed E-state index contributed by atoms with van der Waals surface area (Å²) in [6.45, 7) is 4.69. The highest BCUT2D eigenvalue weighted by molar-refractivity contribution is 7.98. The van der Waals surface area contributed by atoms with Gasteiger partial charge in [0.15, 0.2) is 0 Å². The van der Waals surface area contributed by atoms with Gasteiger partial charge in [-0.3, -0.25) is 9.52 Å². The van der Waals surface area contributed by atoms with Gasteiger partial charge < -0.3 is 14.6 Å². The molecule has 1 heterocycles. The lowest BCUT2D eigenvalue weighted by Crippen LogP contribution is -2.29. The minimum atomic E-state index is -3.53. The van der Waals surface area contributed by atoms with Crippen LogP contribution in [0.4, 0.5) is 5.69 Å². The van der Waals surface area contributed by atoms with Crippen molar-refractivity contribution in [3.05, 3.63) is 53.5 Å². The Kier molecular flexibility index (Phi) is 9.26. The van der Waals surface area contributed by atoms with E-state index in [-0.39, 0.29) is 5.91 Å². The van der Waals surface area contributed by atoms with Crippen molar-refractivity contribution < 1.29 is 17.6 Å². The molecule has 0 saturated heterocycles. The maximum absolute atomic E-state index is 12.6. The summed E-state index contributed by atoms with van der Waals surface area (Å²) in [5.74, 6) is 2.99. The van der Waals surface area contributed by atoms with E-state index in [2.05, 4.69) is 10.0 Å². The molecule has 0 saturated carbocycles. The first-order valence-corrected chi connectivity index (χ1v) is 12.6. The molecule has 9 heteroatoms. The lowest BCUT2D eigenvalue weighted by molar-refractivity contribution is 0.0957. The van der Waals surface area contributed by atoms with E-state index < -0.39 is 15.3 Å². The lowest BCUT2D eigenvalue weighted by Gasteiger charge is -2.15. The molecule has 166 valence electrons. The number of hydrogen-bond acceptors (Lipinski definition) is 6. The number of para-hydroxylation sites is 1. The minimum absolute atomic E-state index is 0.298. The number of furan rings is 1. The summed E-state index contributed by atoms with van der Waals surface area (Å²) in [6.07, 6.45) is 0.493. The van der Waals surface area contributed by atoms with Crippen LogP contribution in [0.5, 0.6) is 0 Å². The summed E-state index contributed by atoms with van der Waals surface area (Å²) in [6, 6.07) is 10.6. The number of hydrogen-bond donors (Lipinski definition) is 2. The maximum atomic E-state index is 12.6. The predicted molar refractivity (Wildman–Crippen MR) is 123 cm³/mol. The lowest BCUT2D eigenvalue weighted by atomic mass is 10.2. The Labute approximate surface area is 183 Å². The average Bonchev–Trinajstić information content (AvgIpc) is 3.13. The van der Waals surface area contributed by atoms with Crippen molar-refractivity contribution in [2.45, 2.75) is 37.8 Å². The van der Waals surface area contributed by atoms with E-state index >= 15 is 0 Å². The predicted octanol–water partition coefficient (Wildman–Crippen LogP) is 3.54. The van der Waals surface area contributed by atoms with Gasteiger partial charge in [-0.1, -0.05) is 19.1 Å². The third kappa shape index (κ3) is 7.37. The van der Waals surface area contributed by atoms with Gasteiger partial charge in [-0.05, 0) is 51.7 Å². The van der Waals surface area contributed by atoms with Gasteiger partial charge >= 0.3 is 0 Å². The summed E-state index contributed by atoms with van der Waals surface area (Å²) < 4.78 is 33.0. The minimum Gasteiger partial charge on any atom is -0.464 e. The Balaban J connectivity index is 1.83. The van der Waals surface area contributed by atoms with E-state index in [9.17, 15) is 13.2 Å². The SMILES string of the molecule is CCC(C)S(=O)(=O)Nc1ccccc1C(=O)NCCSCc1ccc(CN(C)C)o1. The molecule has 0 radical (unpaired) electrons. The molecule has 2 aromatic rings. The van der Waals surface area contributed by atoms with E-state index in [1.54, 1.807) is 43.0 Å². The molecule has 1 aromatic heterocycles. The first-order valence-electron chi connectivity index (χ1n) is 9.91. The molecule has 7 nitrogen and oxygen atoms in total. The molecule has 1 unspecified atom stereocenters. The molecule has 1 atom stereocenters. The Morgan fingerprint density at radius 3 is 2.57 bits per heavy atom. The van der Waals surface area contributed by atoms with Gasteiger partial charge in [-0.25, -0.2) is 8.42 Å². The van der Waals surface area contributed by atoms with Crippen LogP contribution in [0.1, 0.15) is 42.1 Å². The molecule has 30 heavy (non-hydrogen) atoms. The van der Waals surface area contributed by atoms with Crippen LogP contribution in [-0.2, 0) is 22.3 Å². The molecule has 2 rings (SSSR count). The molecule has 0 bridgehead atoms. The van der Waals surface area contributed by atoms with Crippen molar-refractivity contribution in [2.24, 2.45) is 0 Å². The molecular weight excluding hydrogens is 422 g/mol. The molecule has 0 fully saturated rings. The van der Waals surface area contributed by atoms with Gasteiger partial charge in [0, 0.05) is 12.3 Å². The molecule has 2 N–H and O–H groups in total. The van der Waals surface area contributed by atoms with Gasteiger partial charge in [0.2, 0.25) is 10.0 Å². The molecule has 0 spiro atoms. The van der Waals surface area contributed by atoms with Crippen molar-refractivity contribution in [1.29, 1.82) is 0 Å². The number of sulfonamides is 1. The van der Waals surface area contributed by atoms with Crippen molar-refractivity contribution in [3.8, 4) is 0 Å². The highest BCUT2D eigenvalue weighted by Gasteiger charge is 2.21. The summed E-state index contributed by atoms with van der Waals surface area (Å²) in [7, 11) is 0.454. The summed E-state index contributed by atoms with van der Waals surface area (Å²) in [5, 5.41) is 2.32. The largest absolute Gasteiger partial charge is 0.464 e. The Bertz CT molecular complexity index is 926. The third-order valence-electron chi connectivity index (χ3n) is 4.49. The molecule has 1 amide bonds. The van der Waals surface area contributed by atoms with Gasteiger partial charge in [0.05, 0.1) is 28.8 Å². The Hall–Kier alpha value is -1.97. The smallest absolute Gasteiger partial charge is 0.253 e. The van der Waals surface area contributed by atoms with Crippen molar-refractivity contribution >= 4 is 33.4 Å². The second-order valence-electron chi connectivity index (χ2n) is 7.33. The standard InChI is InChI=1S/C21H31N3O4S2/c1-5-16(2)30(26,27)23-20-9-7-6-8-19(20)21(25)22-12-13-29-15-18-11-10-17(28-18)14-24(3)4/h6-11,16,23H,5,12-15H2,1-4H3,(H,22,25). The van der Waals surface area contributed by atoms with E-state index in [1.165, 1.54) is 0 Å². The number of benzene rings is 1. The first kappa shape index (κ1) is 24.3. The number of nitrogens with zero attached hydrogens (tertiary/aromatic N) is 1. The number of amides is 1. The number of nitrogens with one attached hydrogen (secondary N) is 2. The quantitative estimate of drug-likeness (QED) is 0.478. The van der Waals surface area contributed by atoms with Crippen LogP contribution in [0, 0.1) is 0 Å². The molecule has 0 aliphatic carbocycles. The van der Waals surface area contributed by atoms with Gasteiger partial charge in [0.25, 0.3) is 5.91 Å². The highest BCUT2D eigenvalue weighted by Crippen LogP contribution is 2.19. The number of thioether (sulfide) groups is 1. The fourth-order valence-corrected chi connectivity index (χ4v) is 4.52. The fourth-order valence-electron chi connectivity index (χ4n) is 2.64. The number of anilines is 1. The maximum Gasteiger partial charge on any atom is 0.253 e. The van der Waals surface area contributed by atoms with Crippen LogP contribution in [-0.4, -0.2) is 50.9 Å². The summed E-state index contributed by atoms with van der Waals surface area (Å²) in [4.78, 5) is 14.6. The average molecular weight is 454 g/mol. The van der Waals surface area contributed by atoms with E-state index in [0.29, 0.717) is 24.2 Å². The number of carbonyl (C=O) groups excluding carboxylic acids is 1. The Morgan fingerprint density at radius 2 is 1.87 bits per heavy atom. The highest BCUT2D eigenvalue weighted by atomic mass is 32.2. The van der Waals surface area contributed by atoms with Crippen LogP contribution in [0.25, 0.3) is 0 Å². The normalized spacial score (nSPS) is 12.7. The molecule has 0 aliphatic heterocycles. The van der Waals surface area contributed by atoms with Gasteiger partial charge in [-0.2, -0.15) is 11.8 Å².